The second-order valence-electron chi connectivity index (χ2n) is 12.9. The molecule has 2 aliphatic rings. The first-order valence-corrected chi connectivity index (χ1v) is 16.8. The van der Waals surface area contributed by atoms with Gasteiger partial charge in [0.2, 0.25) is 0 Å². The quantitative estimate of drug-likeness (QED) is 0.215. The van der Waals surface area contributed by atoms with Crippen molar-refractivity contribution in [2.45, 2.75) is 92.0 Å². The standard InChI is InChI=1S/C40H42N4O4.Fe/c1-7-26-24(6)39-38(25-12-10-9-11-13-25)40-27(8-2)21(3)32(43-40)18-30-22(4)28(14-16-36(45)46)34(41-30)20-35-29(15-17-37(47)48)23(5)31(42-35)19-33(26)44-39;/h9-13,18-20,38,40H,7-8,14-17H2,1-6H3,(H,45,46)(H,47,48);/q-4;+4/b31-19-,32-18-,35-20-;. The van der Waals surface area contributed by atoms with Crippen LogP contribution in [0.15, 0.2) is 47.2 Å². The molecule has 0 spiro atoms. The van der Waals surface area contributed by atoms with Gasteiger partial charge in [-0.3, -0.25) is 9.59 Å². The Kier molecular flexibility index (Phi) is 10.7. The van der Waals surface area contributed by atoms with Crippen molar-refractivity contribution in [2.24, 2.45) is 0 Å². The molecule has 2 N–H and O–H groups in total. The molecule has 3 aromatic heterocycles. The van der Waals surface area contributed by atoms with E-state index in [1.165, 1.54) is 5.57 Å². The predicted octanol–water partition coefficient (Wildman–Crippen LogP) is 5.70. The Morgan fingerprint density at radius 3 is 1.96 bits per heavy atom. The minimum absolute atomic E-state index is 0. The summed E-state index contributed by atoms with van der Waals surface area (Å²) in [6, 6.07) is 10.3. The second kappa shape index (κ2) is 14.6. The third kappa shape index (κ3) is 6.74. The molecule has 0 saturated heterocycles. The van der Waals surface area contributed by atoms with Crippen molar-refractivity contribution in [3.63, 3.8) is 0 Å². The molecule has 2 aliphatic heterocycles. The third-order valence-electron chi connectivity index (χ3n) is 10.2. The van der Waals surface area contributed by atoms with Crippen LogP contribution in [0, 0.1) is 20.8 Å². The molecular weight excluding hydrogens is 656 g/mol. The zero-order valence-corrected chi connectivity index (χ0v) is 30.0. The average molecular weight is 699 g/mol. The molecule has 0 radical (unpaired) electrons. The number of carboxylic acids is 2. The van der Waals surface area contributed by atoms with E-state index in [-0.39, 0.29) is 41.9 Å². The molecule has 1 aromatic carbocycles. The maximum Gasteiger partial charge on any atom is 4.00 e. The van der Waals surface area contributed by atoms with E-state index in [0.29, 0.717) is 23.9 Å². The van der Waals surface area contributed by atoms with Gasteiger partial charge in [-0.15, -0.1) is 39.2 Å². The number of aliphatic carboxylic acids is 2. The summed E-state index contributed by atoms with van der Waals surface area (Å²) >= 11 is 0. The van der Waals surface area contributed by atoms with Gasteiger partial charge in [-0.2, -0.15) is 0 Å². The molecule has 49 heavy (non-hydrogen) atoms. The summed E-state index contributed by atoms with van der Waals surface area (Å²) in [6.45, 7) is 12.6. The fourth-order valence-corrected chi connectivity index (χ4v) is 7.51. The molecule has 5 heterocycles. The van der Waals surface area contributed by atoms with Gasteiger partial charge in [0.15, 0.2) is 0 Å². The second-order valence-corrected chi connectivity index (χ2v) is 12.9. The van der Waals surface area contributed by atoms with Crippen LogP contribution < -0.4 is 25.7 Å². The van der Waals surface area contributed by atoms with Crippen LogP contribution in [0.25, 0.3) is 23.5 Å². The fourth-order valence-electron chi connectivity index (χ4n) is 7.51. The van der Waals surface area contributed by atoms with Crippen LogP contribution in [0.3, 0.4) is 0 Å². The number of fused-ring (bicyclic) bond motifs is 8. The van der Waals surface area contributed by atoms with Crippen molar-refractivity contribution < 1.29 is 36.9 Å². The minimum atomic E-state index is -0.879. The van der Waals surface area contributed by atoms with Crippen LogP contribution in [0.5, 0.6) is 0 Å². The maximum absolute atomic E-state index is 11.7. The van der Waals surface area contributed by atoms with E-state index in [4.69, 9.17) is 20.3 Å². The first kappa shape index (κ1) is 35.8. The van der Waals surface area contributed by atoms with Crippen molar-refractivity contribution in [2.75, 3.05) is 0 Å². The number of aromatic nitrogens is 3. The van der Waals surface area contributed by atoms with Crippen LogP contribution in [-0.4, -0.2) is 28.2 Å². The summed E-state index contributed by atoms with van der Waals surface area (Å²) < 4.78 is 0. The summed E-state index contributed by atoms with van der Waals surface area (Å²) in [4.78, 5) is 38.9. The fraction of sp³-hybridized carbons (Fsp3) is 0.350. The van der Waals surface area contributed by atoms with Crippen LogP contribution in [0.1, 0.15) is 108 Å². The Balaban J connectivity index is 0.00000468. The van der Waals surface area contributed by atoms with Gasteiger partial charge in [-0.05, 0) is 64.9 Å². The Morgan fingerprint density at radius 1 is 0.694 bits per heavy atom. The number of hydrogen-bond acceptors (Lipinski definition) is 2. The van der Waals surface area contributed by atoms with Gasteiger partial charge in [-0.1, -0.05) is 113 Å². The smallest absolute Gasteiger partial charge is 0.677 e. The Labute approximate surface area is 298 Å². The number of rotatable bonds is 9. The maximum atomic E-state index is 11.7. The summed E-state index contributed by atoms with van der Waals surface area (Å²) in [7, 11) is 0. The van der Waals surface area contributed by atoms with E-state index in [0.717, 1.165) is 85.5 Å². The molecule has 9 heteroatoms. The van der Waals surface area contributed by atoms with Crippen LogP contribution in [0.4, 0.5) is 0 Å². The molecule has 0 saturated carbocycles. The Morgan fingerprint density at radius 2 is 1.33 bits per heavy atom. The molecule has 6 rings (SSSR count). The average Bonchev–Trinajstić information content (AvgIpc) is 3.72. The Hall–Kier alpha value is -4.46. The SMILES string of the molecule is CCC1=C(C)/C2=C/c3[n-]c(c(CCC(=O)O)c3C)/C=c3\[n-]/c(c(C)c3CCC(=O)O)=C\c3[n-]c(c(C)c3CC)C(c3ccccc3)C1[N-]2.[Fe+4]. The van der Waals surface area contributed by atoms with E-state index >= 15 is 0 Å². The molecule has 0 fully saturated rings. The first-order valence-electron chi connectivity index (χ1n) is 16.8. The van der Waals surface area contributed by atoms with Gasteiger partial charge in [0, 0.05) is 12.8 Å². The van der Waals surface area contributed by atoms with Crippen molar-refractivity contribution >= 4 is 30.2 Å². The van der Waals surface area contributed by atoms with Gasteiger partial charge < -0.3 is 30.5 Å². The number of nitrogens with zero attached hydrogens (tertiary/aromatic N) is 4. The minimum Gasteiger partial charge on any atom is -0.677 e. The normalized spacial score (nSPS) is 19.2. The molecule has 4 aromatic rings. The number of carboxylic acid groups (broad SMARTS) is 2. The third-order valence-corrected chi connectivity index (χ3v) is 10.2. The molecular formula is C40H42FeN4O4. The van der Waals surface area contributed by atoms with Gasteiger partial charge >= 0.3 is 29.0 Å². The topological polar surface area (TPSA) is 131 Å². The summed E-state index contributed by atoms with van der Waals surface area (Å²) in [6.07, 6.45) is 8.18. The largest absolute Gasteiger partial charge is 4.00 e. The molecule has 2 atom stereocenters. The van der Waals surface area contributed by atoms with Gasteiger partial charge in [-0.25, -0.2) is 0 Å². The molecule has 8 nitrogen and oxygen atoms in total. The van der Waals surface area contributed by atoms with E-state index in [9.17, 15) is 19.8 Å². The predicted molar refractivity (Wildman–Crippen MR) is 188 cm³/mol. The van der Waals surface area contributed by atoms with Crippen molar-refractivity contribution in [1.82, 2.24) is 15.0 Å². The van der Waals surface area contributed by atoms with E-state index in [1.807, 2.05) is 38.1 Å². The zero-order chi connectivity index (χ0) is 34.3. The van der Waals surface area contributed by atoms with Gasteiger partial charge in [0.25, 0.3) is 0 Å². The summed E-state index contributed by atoms with van der Waals surface area (Å²) in [5.41, 5.74) is 13.6. The van der Waals surface area contributed by atoms with Gasteiger partial charge in [0.05, 0.1) is 0 Å². The van der Waals surface area contributed by atoms with Crippen LogP contribution >= 0.6 is 0 Å². The molecule has 0 amide bonds. The first-order chi connectivity index (χ1) is 23.0. The molecule has 2 unspecified atom stereocenters. The molecule has 0 aliphatic carbocycles. The number of benzene rings is 1. The molecule has 8 bridgehead atoms. The Bertz CT molecular complexity index is 2090. The van der Waals surface area contributed by atoms with Gasteiger partial charge in [0.1, 0.15) is 0 Å². The van der Waals surface area contributed by atoms with Crippen LogP contribution in [-0.2, 0) is 45.9 Å². The summed E-state index contributed by atoms with van der Waals surface area (Å²) in [5.74, 6) is -1.87. The zero-order valence-electron chi connectivity index (χ0n) is 28.9. The van der Waals surface area contributed by atoms with Crippen LogP contribution in [0.2, 0.25) is 0 Å². The van der Waals surface area contributed by atoms with E-state index in [2.05, 4.69) is 52.0 Å². The summed E-state index contributed by atoms with van der Waals surface area (Å²) in [5, 5.41) is 26.0. The number of carbonyl (C=O) groups is 2. The van der Waals surface area contributed by atoms with Crippen molar-refractivity contribution in [1.29, 1.82) is 0 Å². The number of hydrogen-bond donors (Lipinski definition) is 2. The van der Waals surface area contributed by atoms with E-state index < -0.39 is 11.9 Å². The van der Waals surface area contributed by atoms with Crippen molar-refractivity contribution in [3.05, 3.63) is 125 Å². The molecule has 254 valence electrons. The number of allylic oxidation sites excluding steroid dienone is 1. The van der Waals surface area contributed by atoms with E-state index in [1.54, 1.807) is 0 Å². The monoisotopic (exact) mass is 698 g/mol. The van der Waals surface area contributed by atoms with Crippen molar-refractivity contribution in [3.8, 4) is 0 Å².